The van der Waals surface area contributed by atoms with Gasteiger partial charge in [0.2, 0.25) is 11.8 Å². The number of anilines is 2. The minimum Gasteiger partial charge on any atom is -0.343 e. The highest BCUT2D eigenvalue weighted by Gasteiger charge is 2.36. The zero-order valence-electron chi connectivity index (χ0n) is 20.0. The number of halogens is 1. The number of amides is 2. The fourth-order valence-corrected chi connectivity index (χ4v) is 4.10. The molecule has 1 aliphatic rings. The first-order valence-electron chi connectivity index (χ1n) is 11.5. The lowest BCUT2D eigenvalue weighted by atomic mass is 10.00. The summed E-state index contributed by atoms with van der Waals surface area (Å²) in [5.41, 5.74) is 1.82. The van der Waals surface area contributed by atoms with Crippen molar-refractivity contribution in [3.05, 3.63) is 54.0 Å². The Morgan fingerprint density at radius 1 is 1.18 bits per heavy atom. The Kier molecular flexibility index (Phi) is 8.02. The van der Waals surface area contributed by atoms with Gasteiger partial charge in [0, 0.05) is 25.5 Å². The Morgan fingerprint density at radius 3 is 2.52 bits per heavy atom. The second-order valence-corrected chi connectivity index (χ2v) is 8.91. The number of likely N-dealkylation sites (tertiary alicyclic amines) is 1. The molecule has 0 bridgehead atoms. The summed E-state index contributed by atoms with van der Waals surface area (Å²) in [7, 11) is 3.60. The van der Waals surface area contributed by atoms with Gasteiger partial charge in [0.05, 0.1) is 12.1 Å². The van der Waals surface area contributed by atoms with Gasteiger partial charge in [-0.3, -0.25) is 9.59 Å². The lowest BCUT2D eigenvalue weighted by Crippen LogP contribution is -2.54. The van der Waals surface area contributed by atoms with Gasteiger partial charge in [-0.1, -0.05) is 13.8 Å². The molecule has 1 fully saturated rings. The van der Waals surface area contributed by atoms with Crippen LogP contribution in [0.3, 0.4) is 0 Å². The molecule has 2 unspecified atom stereocenters. The van der Waals surface area contributed by atoms with Gasteiger partial charge < -0.3 is 20.4 Å². The minimum absolute atomic E-state index is 0.0376. The van der Waals surface area contributed by atoms with Crippen LogP contribution in [0, 0.1) is 11.7 Å². The van der Waals surface area contributed by atoms with E-state index in [1.165, 1.54) is 12.1 Å². The van der Waals surface area contributed by atoms with Crippen molar-refractivity contribution >= 4 is 23.3 Å². The highest BCUT2D eigenvalue weighted by Crippen LogP contribution is 2.34. The molecule has 1 aromatic carbocycles. The van der Waals surface area contributed by atoms with Crippen LogP contribution in [0.4, 0.5) is 15.9 Å². The minimum atomic E-state index is -0.586. The van der Waals surface area contributed by atoms with Gasteiger partial charge in [-0.15, -0.1) is 0 Å². The van der Waals surface area contributed by atoms with Crippen LogP contribution < -0.4 is 15.5 Å². The summed E-state index contributed by atoms with van der Waals surface area (Å²) in [4.78, 5) is 34.2. The third kappa shape index (κ3) is 5.68. The van der Waals surface area contributed by atoms with Crippen molar-refractivity contribution in [2.24, 2.45) is 5.92 Å². The third-order valence-electron chi connectivity index (χ3n) is 6.30. The predicted molar refractivity (Wildman–Crippen MR) is 128 cm³/mol. The highest BCUT2D eigenvalue weighted by atomic mass is 19.1. The summed E-state index contributed by atoms with van der Waals surface area (Å²) in [6.07, 6.45) is 3.48. The molecule has 1 aromatic heterocycles. The molecule has 2 heterocycles. The van der Waals surface area contributed by atoms with E-state index >= 15 is 0 Å². The van der Waals surface area contributed by atoms with Crippen LogP contribution in [-0.4, -0.2) is 54.4 Å². The number of hydrogen-bond acceptors (Lipinski definition) is 5. The van der Waals surface area contributed by atoms with E-state index in [4.69, 9.17) is 0 Å². The van der Waals surface area contributed by atoms with Crippen molar-refractivity contribution in [3.8, 4) is 0 Å². The van der Waals surface area contributed by atoms with Crippen LogP contribution in [0.25, 0.3) is 0 Å². The molecule has 3 rings (SSSR count). The van der Waals surface area contributed by atoms with Crippen LogP contribution in [0.2, 0.25) is 0 Å². The van der Waals surface area contributed by atoms with E-state index in [2.05, 4.69) is 15.6 Å². The summed E-state index contributed by atoms with van der Waals surface area (Å²) in [6.45, 7) is 6.31. The number of nitrogens with one attached hydrogen (secondary N) is 2. The first-order chi connectivity index (χ1) is 15.7. The van der Waals surface area contributed by atoms with Crippen LogP contribution in [0.1, 0.15) is 45.2 Å². The lowest BCUT2D eigenvalue weighted by molar-refractivity contribution is -0.138. The largest absolute Gasteiger partial charge is 0.343 e. The molecule has 3 atom stereocenters. The van der Waals surface area contributed by atoms with Gasteiger partial charge in [0.25, 0.3) is 0 Å². The number of benzene rings is 1. The second-order valence-electron chi connectivity index (χ2n) is 8.91. The van der Waals surface area contributed by atoms with E-state index in [0.29, 0.717) is 6.54 Å². The van der Waals surface area contributed by atoms with E-state index in [-0.39, 0.29) is 35.6 Å². The molecule has 2 aromatic rings. The first-order valence-corrected chi connectivity index (χ1v) is 11.5. The highest BCUT2D eigenvalue weighted by molar-refractivity contribution is 5.90. The van der Waals surface area contributed by atoms with E-state index in [0.717, 1.165) is 29.9 Å². The lowest BCUT2D eigenvalue weighted by Gasteiger charge is -2.32. The summed E-state index contributed by atoms with van der Waals surface area (Å²) >= 11 is 0. The molecule has 1 saturated heterocycles. The van der Waals surface area contributed by atoms with Gasteiger partial charge in [-0.2, -0.15) is 0 Å². The fraction of sp³-hybridized carbons (Fsp3) is 0.480. The van der Waals surface area contributed by atoms with Crippen molar-refractivity contribution in [3.63, 3.8) is 0 Å². The number of pyridine rings is 1. The number of aromatic nitrogens is 1. The van der Waals surface area contributed by atoms with E-state index in [1.54, 1.807) is 32.3 Å². The molecule has 2 amide bonds. The molecule has 0 spiro atoms. The molecule has 1 aliphatic heterocycles. The van der Waals surface area contributed by atoms with Crippen molar-refractivity contribution in [2.45, 2.75) is 51.7 Å². The second kappa shape index (κ2) is 10.7. The normalized spacial score (nSPS) is 17.7. The molecular formula is C25H34FN5O2. The van der Waals surface area contributed by atoms with Crippen molar-refractivity contribution in [1.82, 2.24) is 20.5 Å². The molecular weight excluding hydrogens is 421 g/mol. The average Bonchev–Trinajstić information content (AvgIpc) is 3.31. The molecule has 0 aliphatic carbocycles. The number of carbonyl (C=O) groups is 2. The topological polar surface area (TPSA) is 77.6 Å². The summed E-state index contributed by atoms with van der Waals surface area (Å²) in [5.74, 6) is 0.144. The zero-order valence-corrected chi connectivity index (χ0v) is 20.0. The smallest absolute Gasteiger partial charge is 0.245 e. The van der Waals surface area contributed by atoms with Gasteiger partial charge in [0.15, 0.2) is 0 Å². The third-order valence-corrected chi connectivity index (χ3v) is 6.30. The standard InChI is InChI=1S/C25H34FN5O2/c1-16(2)23(29-24(32)17(3)27-4)25(33)31-14-6-7-21(31)18-12-13-28-22(15-18)30(5)20-10-8-19(26)9-11-20/h8-13,15-17,21,23,27H,6-7,14H2,1-5H3,(H,29,32)/t17?,21-,23?/m0/s1. The zero-order chi connectivity index (χ0) is 24.1. The first kappa shape index (κ1) is 24.6. The fourth-order valence-electron chi connectivity index (χ4n) is 4.10. The number of hydrogen-bond donors (Lipinski definition) is 2. The van der Waals surface area contributed by atoms with E-state index in [9.17, 15) is 14.0 Å². The molecule has 0 radical (unpaired) electrons. The van der Waals surface area contributed by atoms with Gasteiger partial charge in [-0.25, -0.2) is 9.37 Å². The Morgan fingerprint density at radius 2 is 1.88 bits per heavy atom. The maximum atomic E-state index is 13.5. The number of carbonyl (C=O) groups excluding carboxylic acids is 2. The van der Waals surface area contributed by atoms with Crippen molar-refractivity contribution < 1.29 is 14.0 Å². The summed E-state index contributed by atoms with van der Waals surface area (Å²) < 4.78 is 13.3. The van der Waals surface area contributed by atoms with Crippen LogP contribution >= 0.6 is 0 Å². The van der Waals surface area contributed by atoms with Crippen LogP contribution in [0.5, 0.6) is 0 Å². The number of likely N-dealkylation sites (N-methyl/N-ethyl adjacent to an activating group) is 1. The Labute approximate surface area is 195 Å². The molecule has 33 heavy (non-hydrogen) atoms. The molecule has 0 saturated carbocycles. The van der Waals surface area contributed by atoms with E-state index in [1.807, 2.05) is 42.8 Å². The van der Waals surface area contributed by atoms with Gasteiger partial charge in [0.1, 0.15) is 17.7 Å². The summed E-state index contributed by atoms with van der Waals surface area (Å²) in [5, 5.41) is 5.84. The van der Waals surface area contributed by atoms with Gasteiger partial charge in [-0.05, 0) is 74.7 Å². The maximum Gasteiger partial charge on any atom is 0.245 e. The SMILES string of the molecule is CNC(C)C(=O)NC(C(=O)N1CCC[C@H]1c1ccnc(N(C)c2ccc(F)cc2)c1)C(C)C. The Hall–Kier alpha value is -3.00. The van der Waals surface area contributed by atoms with Crippen molar-refractivity contribution in [1.29, 1.82) is 0 Å². The molecule has 178 valence electrons. The monoisotopic (exact) mass is 455 g/mol. The molecule has 2 N–H and O–H groups in total. The summed E-state index contributed by atoms with van der Waals surface area (Å²) in [6, 6.07) is 9.12. The predicted octanol–water partition coefficient (Wildman–Crippen LogP) is 3.40. The number of nitrogens with zero attached hydrogens (tertiary/aromatic N) is 3. The molecule has 7 nitrogen and oxygen atoms in total. The van der Waals surface area contributed by atoms with Gasteiger partial charge >= 0.3 is 0 Å². The van der Waals surface area contributed by atoms with Crippen LogP contribution in [-0.2, 0) is 9.59 Å². The van der Waals surface area contributed by atoms with Crippen molar-refractivity contribution in [2.75, 3.05) is 25.5 Å². The number of rotatable bonds is 8. The Balaban J connectivity index is 1.81. The molecule has 8 heteroatoms. The quantitative estimate of drug-likeness (QED) is 0.638. The maximum absolute atomic E-state index is 13.5. The Bertz CT molecular complexity index is 966. The van der Waals surface area contributed by atoms with Crippen LogP contribution in [0.15, 0.2) is 42.6 Å². The average molecular weight is 456 g/mol. The van der Waals surface area contributed by atoms with E-state index < -0.39 is 6.04 Å².